The first kappa shape index (κ1) is 14.3. The number of alkyl halides is 1. The first-order chi connectivity index (χ1) is 8.56. The van der Waals surface area contributed by atoms with Crippen LogP contribution in [0.15, 0.2) is 0 Å². The van der Waals surface area contributed by atoms with Crippen LogP contribution in [0.5, 0.6) is 0 Å². The second-order valence-corrected chi connectivity index (χ2v) is 6.72. The molecular weight excluding hydrogens is 294 g/mol. The first-order valence-corrected chi connectivity index (χ1v) is 8.18. The maximum Gasteiger partial charge on any atom is 0.249 e. The second kappa shape index (κ2) is 5.91. The van der Waals surface area contributed by atoms with Gasteiger partial charge in [0.1, 0.15) is 6.10 Å². The van der Waals surface area contributed by atoms with Crippen molar-refractivity contribution in [2.24, 2.45) is 11.8 Å². The minimum Gasteiger partial charge on any atom is -0.368 e. The Morgan fingerprint density at radius 3 is 2.78 bits per heavy atom. The molecule has 1 N–H and O–H groups in total. The van der Waals surface area contributed by atoms with Gasteiger partial charge in [-0.05, 0) is 31.1 Å². The summed E-state index contributed by atoms with van der Waals surface area (Å²) in [4.78, 5) is 12.3. The summed E-state index contributed by atoms with van der Waals surface area (Å²) in [5, 5.41) is 4.12. The highest BCUT2D eigenvalue weighted by Crippen LogP contribution is 2.34. The van der Waals surface area contributed by atoms with Crippen LogP contribution >= 0.6 is 15.9 Å². The van der Waals surface area contributed by atoms with Crippen LogP contribution in [0.3, 0.4) is 0 Å². The molecule has 3 nitrogen and oxygen atoms in total. The van der Waals surface area contributed by atoms with Crippen LogP contribution in [0.25, 0.3) is 0 Å². The number of rotatable bonds is 3. The fourth-order valence-electron chi connectivity index (χ4n) is 3.29. The average molecular weight is 318 g/mol. The standard InChI is InChI=1S/C14H24BrNO2/c1-10-4-3-6-14(8-10,9-15)16-13(17)12-11(2)5-7-18-12/h10-12H,3-9H2,1-2H3,(H,16,17). The lowest BCUT2D eigenvalue weighted by Crippen LogP contribution is -2.55. The molecule has 4 atom stereocenters. The van der Waals surface area contributed by atoms with E-state index in [0.717, 1.165) is 31.2 Å². The van der Waals surface area contributed by atoms with Crippen LogP contribution in [0, 0.1) is 11.8 Å². The third-order valence-corrected chi connectivity index (χ3v) is 5.45. The van der Waals surface area contributed by atoms with Crippen LogP contribution in [-0.2, 0) is 9.53 Å². The molecule has 104 valence electrons. The van der Waals surface area contributed by atoms with E-state index in [0.29, 0.717) is 11.8 Å². The highest BCUT2D eigenvalue weighted by atomic mass is 79.9. The molecule has 2 rings (SSSR count). The Morgan fingerprint density at radius 2 is 2.22 bits per heavy atom. The molecule has 0 aromatic carbocycles. The van der Waals surface area contributed by atoms with E-state index < -0.39 is 0 Å². The number of nitrogens with one attached hydrogen (secondary N) is 1. The Hall–Kier alpha value is -0.0900. The minimum atomic E-state index is -0.238. The first-order valence-electron chi connectivity index (χ1n) is 7.06. The predicted octanol–water partition coefficient (Wildman–Crippen LogP) is 2.87. The van der Waals surface area contributed by atoms with Gasteiger partial charge in [-0.1, -0.05) is 42.6 Å². The highest BCUT2D eigenvalue weighted by molar-refractivity contribution is 9.09. The van der Waals surface area contributed by atoms with E-state index in [2.05, 4.69) is 35.1 Å². The van der Waals surface area contributed by atoms with Gasteiger partial charge >= 0.3 is 0 Å². The number of hydrogen-bond acceptors (Lipinski definition) is 2. The van der Waals surface area contributed by atoms with Crippen molar-refractivity contribution < 1.29 is 9.53 Å². The van der Waals surface area contributed by atoms with Crippen LogP contribution in [0.2, 0.25) is 0 Å². The molecule has 2 aliphatic rings. The Kier molecular flexibility index (Phi) is 4.70. The molecule has 4 heteroatoms. The molecule has 4 unspecified atom stereocenters. The van der Waals surface area contributed by atoms with Crippen LogP contribution in [0.4, 0.5) is 0 Å². The van der Waals surface area contributed by atoms with Crippen molar-refractivity contribution in [1.82, 2.24) is 5.32 Å². The molecule has 1 aliphatic heterocycles. The van der Waals surface area contributed by atoms with Crippen molar-refractivity contribution in [2.75, 3.05) is 11.9 Å². The van der Waals surface area contributed by atoms with Crippen molar-refractivity contribution in [3.05, 3.63) is 0 Å². The number of ether oxygens (including phenoxy) is 1. The quantitative estimate of drug-likeness (QED) is 0.813. The van der Waals surface area contributed by atoms with Crippen molar-refractivity contribution in [2.45, 2.75) is 57.6 Å². The molecule has 0 aromatic rings. The molecule has 2 fully saturated rings. The zero-order valence-electron chi connectivity index (χ0n) is 11.4. The van der Waals surface area contributed by atoms with Gasteiger partial charge in [0.15, 0.2) is 0 Å². The third-order valence-electron chi connectivity index (χ3n) is 4.38. The summed E-state index contributed by atoms with van der Waals surface area (Å²) in [6, 6.07) is 0. The number of halogens is 1. The molecule has 1 amide bonds. The van der Waals surface area contributed by atoms with E-state index in [1.54, 1.807) is 0 Å². The van der Waals surface area contributed by atoms with Gasteiger partial charge in [-0.15, -0.1) is 0 Å². The number of carbonyl (C=O) groups excluding carboxylic acids is 1. The summed E-state index contributed by atoms with van der Waals surface area (Å²) in [7, 11) is 0. The van der Waals surface area contributed by atoms with Crippen molar-refractivity contribution in [3.8, 4) is 0 Å². The van der Waals surface area contributed by atoms with Gasteiger partial charge in [-0.3, -0.25) is 4.79 Å². The van der Waals surface area contributed by atoms with Gasteiger partial charge in [0.05, 0.1) is 5.54 Å². The zero-order valence-corrected chi connectivity index (χ0v) is 13.0. The maximum absolute atomic E-state index is 12.3. The molecule has 1 heterocycles. The molecule has 0 radical (unpaired) electrons. The Bertz CT molecular complexity index is 310. The Balaban J connectivity index is 1.99. The molecule has 18 heavy (non-hydrogen) atoms. The predicted molar refractivity (Wildman–Crippen MR) is 75.8 cm³/mol. The number of amides is 1. The summed E-state index contributed by atoms with van der Waals surface area (Å²) >= 11 is 3.59. The van der Waals surface area contributed by atoms with E-state index in [4.69, 9.17) is 4.74 Å². The van der Waals surface area contributed by atoms with E-state index in [1.807, 2.05) is 0 Å². The monoisotopic (exact) mass is 317 g/mol. The molecule has 0 aromatic heterocycles. The fraction of sp³-hybridized carbons (Fsp3) is 0.929. The summed E-state index contributed by atoms with van der Waals surface area (Å²) in [5.41, 5.74) is -0.0551. The third kappa shape index (κ3) is 3.08. The van der Waals surface area contributed by atoms with Crippen molar-refractivity contribution in [1.29, 1.82) is 0 Å². The Labute approximate surface area is 118 Å². The molecule has 1 saturated carbocycles. The zero-order chi connectivity index (χ0) is 13.2. The highest BCUT2D eigenvalue weighted by Gasteiger charge is 2.39. The largest absolute Gasteiger partial charge is 0.368 e. The van der Waals surface area contributed by atoms with Gasteiger partial charge in [0.2, 0.25) is 5.91 Å². The van der Waals surface area contributed by atoms with Crippen molar-refractivity contribution in [3.63, 3.8) is 0 Å². The minimum absolute atomic E-state index is 0.0551. The second-order valence-electron chi connectivity index (χ2n) is 6.16. The molecule has 1 saturated heterocycles. The summed E-state index contributed by atoms with van der Waals surface area (Å²) in [6.07, 6.45) is 5.39. The topological polar surface area (TPSA) is 38.3 Å². The summed E-state index contributed by atoms with van der Waals surface area (Å²) in [5.74, 6) is 1.13. The van der Waals surface area contributed by atoms with Crippen molar-refractivity contribution >= 4 is 21.8 Å². The lowest BCUT2D eigenvalue weighted by atomic mass is 9.77. The van der Waals surface area contributed by atoms with E-state index >= 15 is 0 Å². The SMILES string of the molecule is CC1CCCC(CBr)(NC(=O)C2OCCC2C)C1. The Morgan fingerprint density at radius 1 is 1.44 bits per heavy atom. The van der Waals surface area contributed by atoms with E-state index in [1.165, 1.54) is 12.8 Å². The molecule has 0 spiro atoms. The van der Waals surface area contributed by atoms with E-state index in [9.17, 15) is 4.79 Å². The number of hydrogen-bond donors (Lipinski definition) is 1. The van der Waals surface area contributed by atoms with Gasteiger partial charge in [0, 0.05) is 11.9 Å². The normalized spacial score (nSPS) is 40.7. The summed E-state index contributed by atoms with van der Waals surface area (Å²) in [6.45, 7) is 5.09. The van der Waals surface area contributed by atoms with Crippen LogP contribution in [0.1, 0.15) is 46.0 Å². The van der Waals surface area contributed by atoms with Gasteiger partial charge in [-0.25, -0.2) is 0 Å². The van der Waals surface area contributed by atoms with Gasteiger partial charge in [-0.2, -0.15) is 0 Å². The van der Waals surface area contributed by atoms with Gasteiger partial charge < -0.3 is 10.1 Å². The van der Waals surface area contributed by atoms with E-state index in [-0.39, 0.29) is 17.6 Å². The maximum atomic E-state index is 12.3. The average Bonchev–Trinajstić information content (AvgIpc) is 2.75. The molecule has 1 aliphatic carbocycles. The summed E-state index contributed by atoms with van der Waals surface area (Å²) < 4.78 is 5.56. The van der Waals surface area contributed by atoms with Gasteiger partial charge in [0.25, 0.3) is 0 Å². The number of carbonyl (C=O) groups is 1. The lowest BCUT2D eigenvalue weighted by Gasteiger charge is -2.40. The van der Waals surface area contributed by atoms with Crippen LogP contribution in [-0.4, -0.2) is 29.5 Å². The van der Waals surface area contributed by atoms with Crippen LogP contribution < -0.4 is 5.32 Å². The molecular formula is C14H24BrNO2. The lowest BCUT2D eigenvalue weighted by molar-refractivity contribution is -0.133. The smallest absolute Gasteiger partial charge is 0.249 e. The molecule has 0 bridgehead atoms. The fourth-order valence-corrected chi connectivity index (χ4v) is 3.94.